The number of nitrogens with zero attached hydrogens (tertiary/aromatic N) is 2. The van der Waals surface area contributed by atoms with Crippen LogP contribution in [0.5, 0.6) is 0 Å². The molecule has 0 atom stereocenters. The number of benzene rings is 2. The Morgan fingerprint density at radius 3 is 2.12 bits per heavy atom. The average molecular weight is 351 g/mol. The molecule has 126 valence electrons. The van der Waals surface area contributed by atoms with E-state index in [0.29, 0.717) is 18.2 Å². The summed E-state index contributed by atoms with van der Waals surface area (Å²) in [4.78, 5) is 4.06. The van der Waals surface area contributed by atoms with Crippen molar-refractivity contribution >= 4 is 28.7 Å². The number of hydrogen-bond donors (Lipinski definition) is 1. The molecule has 7 heteroatoms. The molecule has 1 saturated heterocycles. The van der Waals surface area contributed by atoms with Crippen LogP contribution >= 0.6 is 12.2 Å². The van der Waals surface area contributed by atoms with Gasteiger partial charge in [-0.25, -0.2) is 13.2 Å². The van der Waals surface area contributed by atoms with Crippen molar-refractivity contribution in [3.63, 3.8) is 0 Å². The Morgan fingerprint density at radius 2 is 1.50 bits per heavy atom. The number of rotatable bonds is 2. The Bertz CT molecular complexity index is 728. The van der Waals surface area contributed by atoms with E-state index in [1.54, 1.807) is 12.1 Å². The molecule has 0 aliphatic carbocycles. The van der Waals surface area contributed by atoms with Gasteiger partial charge in [0.2, 0.25) is 0 Å². The molecule has 2 aromatic carbocycles. The van der Waals surface area contributed by atoms with Crippen LogP contribution in [0.1, 0.15) is 0 Å². The van der Waals surface area contributed by atoms with E-state index in [1.165, 1.54) is 24.3 Å². The number of nitrogens with one attached hydrogen (secondary N) is 1. The van der Waals surface area contributed by atoms with E-state index in [4.69, 9.17) is 12.2 Å². The van der Waals surface area contributed by atoms with Crippen molar-refractivity contribution in [3.8, 4) is 0 Å². The lowest BCUT2D eigenvalue weighted by Crippen LogP contribution is -2.50. The molecule has 24 heavy (non-hydrogen) atoms. The summed E-state index contributed by atoms with van der Waals surface area (Å²) in [5, 5.41) is 3.22. The summed E-state index contributed by atoms with van der Waals surface area (Å²) in [5.41, 5.74) is 1.11. The molecule has 3 rings (SSSR count). The van der Waals surface area contributed by atoms with E-state index >= 15 is 0 Å². The fourth-order valence-electron chi connectivity index (χ4n) is 2.60. The second kappa shape index (κ2) is 7.09. The highest BCUT2D eigenvalue weighted by Gasteiger charge is 2.20. The van der Waals surface area contributed by atoms with Gasteiger partial charge < -0.3 is 15.1 Å². The third-order valence-electron chi connectivity index (χ3n) is 3.93. The maximum absolute atomic E-state index is 13.7. The van der Waals surface area contributed by atoms with Gasteiger partial charge in [-0.1, -0.05) is 0 Å². The van der Waals surface area contributed by atoms with E-state index in [-0.39, 0.29) is 11.5 Å². The van der Waals surface area contributed by atoms with Gasteiger partial charge in [0.05, 0.1) is 5.69 Å². The minimum Gasteiger partial charge on any atom is -0.368 e. The summed E-state index contributed by atoms with van der Waals surface area (Å²) in [6, 6.07) is 9.69. The molecule has 0 radical (unpaired) electrons. The van der Waals surface area contributed by atoms with Crippen LogP contribution in [0.25, 0.3) is 0 Å². The molecule has 0 unspecified atom stereocenters. The number of thiocarbonyl (C=S) groups is 1. The number of anilines is 2. The van der Waals surface area contributed by atoms with Gasteiger partial charge in [-0.15, -0.1) is 0 Å². The summed E-state index contributed by atoms with van der Waals surface area (Å²) in [6.45, 7) is 2.76. The third kappa shape index (κ3) is 3.79. The molecule has 3 nitrogen and oxygen atoms in total. The van der Waals surface area contributed by atoms with Gasteiger partial charge in [-0.05, 0) is 48.6 Å². The summed E-state index contributed by atoms with van der Waals surface area (Å²) in [5.74, 6) is -1.57. The van der Waals surface area contributed by atoms with Crippen LogP contribution in [-0.4, -0.2) is 36.2 Å². The molecule has 1 aliphatic heterocycles. The van der Waals surface area contributed by atoms with Crippen molar-refractivity contribution in [2.24, 2.45) is 0 Å². The van der Waals surface area contributed by atoms with Crippen molar-refractivity contribution in [3.05, 3.63) is 59.9 Å². The monoisotopic (exact) mass is 351 g/mol. The largest absolute Gasteiger partial charge is 0.368 e. The van der Waals surface area contributed by atoms with Gasteiger partial charge in [0.1, 0.15) is 17.5 Å². The lowest BCUT2D eigenvalue weighted by Gasteiger charge is -2.37. The molecule has 0 amide bonds. The topological polar surface area (TPSA) is 18.5 Å². The zero-order valence-electron chi connectivity index (χ0n) is 12.8. The first-order valence-electron chi connectivity index (χ1n) is 7.54. The van der Waals surface area contributed by atoms with Crippen molar-refractivity contribution in [1.29, 1.82) is 0 Å². The first kappa shape index (κ1) is 16.6. The zero-order chi connectivity index (χ0) is 17.1. The summed E-state index contributed by atoms with van der Waals surface area (Å²) in [7, 11) is 0. The van der Waals surface area contributed by atoms with Crippen LogP contribution in [0.15, 0.2) is 42.5 Å². The van der Waals surface area contributed by atoms with Gasteiger partial charge >= 0.3 is 0 Å². The first-order valence-corrected chi connectivity index (χ1v) is 7.95. The van der Waals surface area contributed by atoms with Gasteiger partial charge in [0, 0.05) is 37.9 Å². The van der Waals surface area contributed by atoms with Crippen molar-refractivity contribution in [2.45, 2.75) is 0 Å². The smallest absolute Gasteiger partial charge is 0.173 e. The van der Waals surface area contributed by atoms with Crippen molar-refractivity contribution in [2.75, 3.05) is 36.4 Å². The Morgan fingerprint density at radius 1 is 0.875 bits per heavy atom. The summed E-state index contributed by atoms with van der Waals surface area (Å²) in [6.07, 6.45) is 0. The highest BCUT2D eigenvalue weighted by Crippen LogP contribution is 2.19. The molecule has 1 aliphatic rings. The number of halogens is 3. The van der Waals surface area contributed by atoms with Gasteiger partial charge in [0.25, 0.3) is 0 Å². The Kier molecular flexibility index (Phi) is 4.89. The van der Waals surface area contributed by atoms with Crippen LogP contribution < -0.4 is 10.2 Å². The second-order valence-electron chi connectivity index (χ2n) is 5.50. The summed E-state index contributed by atoms with van der Waals surface area (Å²) >= 11 is 5.31. The quantitative estimate of drug-likeness (QED) is 0.833. The second-order valence-corrected chi connectivity index (χ2v) is 5.89. The van der Waals surface area contributed by atoms with E-state index < -0.39 is 11.6 Å². The highest BCUT2D eigenvalue weighted by molar-refractivity contribution is 7.80. The Balaban J connectivity index is 1.58. The van der Waals surface area contributed by atoms with Gasteiger partial charge in [-0.2, -0.15) is 0 Å². The fraction of sp³-hybridized carbons (Fsp3) is 0.235. The lowest BCUT2D eigenvalue weighted by molar-refractivity contribution is 0.390. The van der Waals surface area contributed by atoms with Crippen molar-refractivity contribution < 1.29 is 13.2 Å². The molecule has 0 bridgehead atoms. The molecular weight excluding hydrogens is 335 g/mol. The molecular formula is C17H16F3N3S. The molecule has 1 fully saturated rings. The standard InChI is InChI=1S/C17H16F3N3S/c18-12-1-4-14(5-2-12)22-7-9-23(10-8-22)17(24)21-16-6-3-13(19)11-15(16)20/h1-6,11H,7-10H2,(H,21,24). The minimum atomic E-state index is -0.678. The predicted octanol–water partition coefficient (Wildman–Crippen LogP) is 3.62. The van der Waals surface area contributed by atoms with Crippen LogP contribution in [-0.2, 0) is 0 Å². The van der Waals surface area contributed by atoms with Gasteiger partial charge in [0.15, 0.2) is 5.11 Å². The Labute approximate surface area is 143 Å². The Hall–Kier alpha value is -2.28. The SMILES string of the molecule is Fc1ccc(N2CCN(C(=S)Nc3ccc(F)cc3F)CC2)cc1. The molecule has 0 saturated carbocycles. The maximum atomic E-state index is 13.7. The van der Waals surface area contributed by atoms with E-state index in [1.807, 2.05) is 4.90 Å². The predicted molar refractivity (Wildman–Crippen MR) is 92.8 cm³/mol. The number of hydrogen-bond acceptors (Lipinski definition) is 2. The molecule has 1 heterocycles. The van der Waals surface area contributed by atoms with Crippen LogP contribution in [0.4, 0.5) is 24.5 Å². The molecule has 2 aromatic rings. The molecule has 0 aromatic heterocycles. The maximum Gasteiger partial charge on any atom is 0.173 e. The average Bonchev–Trinajstić information content (AvgIpc) is 2.58. The number of piperazine rings is 1. The first-order chi connectivity index (χ1) is 11.5. The zero-order valence-corrected chi connectivity index (χ0v) is 13.6. The third-order valence-corrected chi connectivity index (χ3v) is 4.29. The highest BCUT2D eigenvalue weighted by atomic mass is 32.1. The van der Waals surface area contributed by atoms with Crippen LogP contribution in [0.3, 0.4) is 0 Å². The minimum absolute atomic E-state index is 0.155. The van der Waals surface area contributed by atoms with Gasteiger partial charge in [-0.3, -0.25) is 0 Å². The fourth-order valence-corrected chi connectivity index (χ4v) is 2.90. The van der Waals surface area contributed by atoms with Crippen LogP contribution in [0.2, 0.25) is 0 Å². The lowest BCUT2D eigenvalue weighted by atomic mass is 10.2. The normalized spacial score (nSPS) is 14.6. The molecule has 1 N–H and O–H groups in total. The van der Waals surface area contributed by atoms with Crippen molar-refractivity contribution in [1.82, 2.24) is 4.90 Å². The summed E-state index contributed by atoms with van der Waals surface area (Å²) < 4.78 is 39.6. The molecule has 0 spiro atoms. The van der Waals surface area contributed by atoms with Crippen LogP contribution in [0, 0.1) is 17.5 Å². The van der Waals surface area contributed by atoms with E-state index in [9.17, 15) is 13.2 Å². The van der Waals surface area contributed by atoms with E-state index in [2.05, 4.69) is 10.2 Å². The van der Waals surface area contributed by atoms with E-state index in [0.717, 1.165) is 24.8 Å².